The molecule has 0 aliphatic carbocycles. The molecule has 0 bridgehead atoms. The van der Waals surface area contributed by atoms with Gasteiger partial charge in [-0.05, 0) is 0 Å². The molecule has 0 aliphatic rings. The normalized spacial score (nSPS) is 12.1. The predicted molar refractivity (Wildman–Crippen MR) is 28.3 cm³/mol. The Labute approximate surface area is 55.2 Å². The number of carbonyl (C=O) groups excluding carboxylic acids is 1. The first-order valence-electron chi connectivity index (χ1n) is 2.22. The summed E-state index contributed by atoms with van der Waals surface area (Å²) < 4.78 is 0. The first-order valence-corrected chi connectivity index (χ1v) is 2.22. The van der Waals surface area contributed by atoms with E-state index in [4.69, 9.17) is 10.2 Å². The number of rotatable bonds is 3. The van der Waals surface area contributed by atoms with E-state index in [1.807, 2.05) is 0 Å². The van der Waals surface area contributed by atoms with Crippen molar-refractivity contribution >= 4 is 17.7 Å². The average molecular weight is 147 g/mol. The number of ketones is 1. The van der Waals surface area contributed by atoms with Gasteiger partial charge in [0.05, 0.1) is 0 Å². The van der Waals surface area contributed by atoms with Gasteiger partial charge >= 0.3 is 11.9 Å². The molecule has 0 aromatic carbocycles. The maximum atomic E-state index is 10.2. The summed E-state index contributed by atoms with van der Waals surface area (Å²) in [7, 11) is 0. The average Bonchev–Trinajstić information content (AvgIpc) is 1.84. The molecule has 0 saturated heterocycles. The van der Waals surface area contributed by atoms with Crippen molar-refractivity contribution < 1.29 is 24.6 Å². The SMILES string of the molecule is NC(C(=O)O)C(=O)C(=O)O. The van der Waals surface area contributed by atoms with Gasteiger partial charge in [-0.2, -0.15) is 0 Å². The Bertz CT molecular complexity index is 186. The Morgan fingerprint density at radius 1 is 1.20 bits per heavy atom. The number of hydrogen-bond acceptors (Lipinski definition) is 4. The van der Waals surface area contributed by atoms with Crippen molar-refractivity contribution in [2.45, 2.75) is 6.04 Å². The van der Waals surface area contributed by atoms with Crippen LogP contribution in [0, 0.1) is 0 Å². The molecule has 10 heavy (non-hydrogen) atoms. The summed E-state index contributed by atoms with van der Waals surface area (Å²) >= 11 is 0. The van der Waals surface area contributed by atoms with Crippen LogP contribution in [-0.2, 0) is 14.4 Å². The number of Topliss-reactive ketones (excluding diaryl/α,β-unsaturated/α-hetero) is 1. The molecule has 0 saturated carbocycles. The fourth-order valence-electron chi connectivity index (χ4n) is 0.245. The quantitative estimate of drug-likeness (QED) is 0.315. The molecule has 56 valence electrons. The van der Waals surface area contributed by atoms with Crippen LogP contribution in [0.2, 0.25) is 0 Å². The number of carboxylic acid groups (broad SMARTS) is 2. The van der Waals surface area contributed by atoms with E-state index in [-0.39, 0.29) is 0 Å². The molecule has 0 aromatic rings. The molecule has 0 radical (unpaired) electrons. The Kier molecular flexibility index (Phi) is 2.51. The van der Waals surface area contributed by atoms with E-state index >= 15 is 0 Å². The van der Waals surface area contributed by atoms with Gasteiger partial charge in [-0.25, -0.2) is 4.79 Å². The Morgan fingerprint density at radius 2 is 1.60 bits per heavy atom. The molecule has 0 aromatic heterocycles. The van der Waals surface area contributed by atoms with E-state index in [1.165, 1.54) is 0 Å². The molecule has 0 heterocycles. The van der Waals surface area contributed by atoms with Crippen molar-refractivity contribution in [3.05, 3.63) is 0 Å². The van der Waals surface area contributed by atoms with E-state index < -0.39 is 23.8 Å². The summed E-state index contributed by atoms with van der Waals surface area (Å²) in [5.41, 5.74) is 4.63. The second-order valence-electron chi connectivity index (χ2n) is 1.49. The van der Waals surface area contributed by atoms with E-state index in [0.29, 0.717) is 0 Å². The molecular formula is C4H5NO5. The minimum atomic E-state index is -1.96. The van der Waals surface area contributed by atoms with Gasteiger partial charge in [-0.1, -0.05) is 0 Å². The zero-order valence-corrected chi connectivity index (χ0v) is 4.77. The molecule has 0 spiro atoms. The van der Waals surface area contributed by atoms with Crippen molar-refractivity contribution in [3.63, 3.8) is 0 Å². The molecule has 0 rings (SSSR count). The molecule has 0 amide bonds. The highest BCUT2D eigenvalue weighted by atomic mass is 16.4. The summed E-state index contributed by atoms with van der Waals surface area (Å²) in [6.07, 6.45) is 0. The number of hydrogen-bond donors (Lipinski definition) is 3. The van der Waals surface area contributed by atoms with Gasteiger partial charge in [0, 0.05) is 0 Å². The lowest BCUT2D eigenvalue weighted by Crippen LogP contribution is -2.42. The third kappa shape index (κ3) is 1.82. The summed E-state index contributed by atoms with van der Waals surface area (Å²) in [6.45, 7) is 0. The molecule has 6 nitrogen and oxygen atoms in total. The lowest BCUT2D eigenvalue weighted by Gasteiger charge is -1.98. The number of nitrogens with two attached hydrogens (primary N) is 1. The highest BCUT2D eigenvalue weighted by molar-refractivity contribution is 6.38. The third-order valence-electron chi connectivity index (χ3n) is 0.759. The first kappa shape index (κ1) is 8.57. The number of carboxylic acids is 2. The van der Waals surface area contributed by atoms with Gasteiger partial charge in [0.25, 0.3) is 5.78 Å². The standard InChI is InChI=1S/C4H5NO5/c5-1(3(7)8)2(6)4(9)10/h1H,5H2,(H,7,8)(H,9,10). The Balaban J connectivity index is 4.22. The van der Waals surface area contributed by atoms with Gasteiger partial charge in [-0.3, -0.25) is 9.59 Å². The van der Waals surface area contributed by atoms with Gasteiger partial charge in [0.15, 0.2) is 6.04 Å². The Morgan fingerprint density at radius 3 is 1.70 bits per heavy atom. The number of carbonyl (C=O) groups is 3. The molecule has 4 N–H and O–H groups in total. The van der Waals surface area contributed by atoms with Crippen LogP contribution in [0.1, 0.15) is 0 Å². The van der Waals surface area contributed by atoms with Crippen LogP contribution in [-0.4, -0.2) is 34.0 Å². The second kappa shape index (κ2) is 2.92. The fraction of sp³-hybridized carbons (Fsp3) is 0.250. The zero-order chi connectivity index (χ0) is 8.31. The van der Waals surface area contributed by atoms with Crippen molar-refractivity contribution in [2.24, 2.45) is 5.73 Å². The Hall–Kier alpha value is -1.43. The largest absolute Gasteiger partial charge is 0.480 e. The van der Waals surface area contributed by atoms with E-state index in [0.717, 1.165) is 0 Å². The predicted octanol–water partition coefficient (Wildman–Crippen LogP) is -1.95. The van der Waals surface area contributed by atoms with E-state index in [9.17, 15) is 14.4 Å². The maximum absolute atomic E-state index is 10.2. The molecular weight excluding hydrogens is 142 g/mol. The first-order chi connectivity index (χ1) is 4.46. The summed E-state index contributed by atoms with van der Waals surface area (Å²) in [5, 5.41) is 15.9. The van der Waals surface area contributed by atoms with Gasteiger partial charge < -0.3 is 15.9 Å². The molecule has 6 heteroatoms. The topological polar surface area (TPSA) is 118 Å². The van der Waals surface area contributed by atoms with Crippen molar-refractivity contribution in [1.29, 1.82) is 0 Å². The van der Waals surface area contributed by atoms with Gasteiger partial charge in [0.2, 0.25) is 0 Å². The fourth-order valence-corrected chi connectivity index (χ4v) is 0.245. The maximum Gasteiger partial charge on any atom is 0.374 e. The molecule has 0 fully saturated rings. The van der Waals surface area contributed by atoms with Gasteiger partial charge in [0.1, 0.15) is 0 Å². The van der Waals surface area contributed by atoms with E-state index in [2.05, 4.69) is 5.73 Å². The smallest absolute Gasteiger partial charge is 0.374 e. The summed E-state index contributed by atoms with van der Waals surface area (Å²) in [5.74, 6) is -5.00. The monoisotopic (exact) mass is 147 g/mol. The van der Waals surface area contributed by atoms with Crippen molar-refractivity contribution in [3.8, 4) is 0 Å². The van der Waals surface area contributed by atoms with Crippen molar-refractivity contribution in [1.82, 2.24) is 0 Å². The molecule has 0 aliphatic heterocycles. The zero-order valence-electron chi connectivity index (χ0n) is 4.77. The number of aliphatic carboxylic acids is 2. The van der Waals surface area contributed by atoms with Crippen LogP contribution in [0.25, 0.3) is 0 Å². The van der Waals surface area contributed by atoms with Gasteiger partial charge in [-0.15, -0.1) is 0 Å². The third-order valence-corrected chi connectivity index (χ3v) is 0.759. The lowest BCUT2D eigenvalue weighted by molar-refractivity contribution is -0.154. The summed E-state index contributed by atoms with van der Waals surface area (Å²) in [4.78, 5) is 29.8. The van der Waals surface area contributed by atoms with Crippen LogP contribution in [0.3, 0.4) is 0 Å². The summed E-state index contributed by atoms with van der Waals surface area (Å²) in [6, 6.07) is -1.96. The van der Waals surface area contributed by atoms with Crippen LogP contribution in [0.4, 0.5) is 0 Å². The minimum absolute atomic E-state index is 1.52. The van der Waals surface area contributed by atoms with Crippen LogP contribution >= 0.6 is 0 Å². The molecule has 1 atom stereocenters. The lowest BCUT2D eigenvalue weighted by atomic mass is 10.2. The minimum Gasteiger partial charge on any atom is -0.480 e. The van der Waals surface area contributed by atoms with Crippen molar-refractivity contribution in [2.75, 3.05) is 0 Å². The van der Waals surface area contributed by atoms with E-state index in [1.54, 1.807) is 0 Å². The highest BCUT2D eigenvalue weighted by Crippen LogP contribution is 1.81. The molecule has 1 unspecified atom stereocenters. The highest BCUT2D eigenvalue weighted by Gasteiger charge is 2.26. The van der Waals surface area contributed by atoms with Crippen LogP contribution in [0.5, 0.6) is 0 Å². The van der Waals surface area contributed by atoms with Crippen LogP contribution in [0.15, 0.2) is 0 Å². The van der Waals surface area contributed by atoms with Crippen LogP contribution < -0.4 is 5.73 Å². The second-order valence-corrected chi connectivity index (χ2v) is 1.49.